The molecule has 1 atom stereocenters. The molecule has 2 rings (SSSR count). The summed E-state index contributed by atoms with van der Waals surface area (Å²) in [5.41, 5.74) is 7.28. The molecule has 0 spiro atoms. The van der Waals surface area contributed by atoms with E-state index < -0.39 is 0 Å². The highest BCUT2D eigenvalue weighted by atomic mass is 127. The summed E-state index contributed by atoms with van der Waals surface area (Å²) >= 11 is 2.15. The van der Waals surface area contributed by atoms with Crippen LogP contribution < -0.4 is 10.5 Å². The zero-order valence-corrected chi connectivity index (χ0v) is 21.2. The number of hydrogen-bond acceptors (Lipinski definition) is 4. The molecule has 0 saturated heterocycles. The quantitative estimate of drug-likeness (QED) is 0.368. The molecule has 1 aromatic carbocycles. The Balaban J connectivity index is 0. The van der Waals surface area contributed by atoms with Crippen LogP contribution in [0.25, 0.3) is 5.69 Å². The molecular formula is C22H41IN4O. The third-order valence-electron chi connectivity index (χ3n) is 3.52. The fraction of sp³-hybridized carbons (Fsp3) is 0.591. The second-order valence-corrected chi connectivity index (χ2v) is 6.23. The van der Waals surface area contributed by atoms with Crippen LogP contribution in [-0.4, -0.2) is 46.4 Å². The molecule has 0 fully saturated rings. The zero-order chi connectivity index (χ0) is 21.9. The maximum absolute atomic E-state index is 5.88. The molecule has 2 aromatic rings. The number of ether oxygens (including phenoxy) is 1. The zero-order valence-electron chi connectivity index (χ0n) is 19.1. The van der Waals surface area contributed by atoms with Crippen LogP contribution in [0.4, 0.5) is 5.69 Å². The lowest BCUT2D eigenvalue weighted by Gasteiger charge is -2.17. The highest BCUT2D eigenvalue weighted by molar-refractivity contribution is 14.1. The number of benzene rings is 1. The average molecular weight is 505 g/mol. The Kier molecular flexibility index (Phi) is 19.7. The Morgan fingerprint density at radius 2 is 1.64 bits per heavy atom. The van der Waals surface area contributed by atoms with E-state index >= 15 is 0 Å². The number of aromatic nitrogens is 2. The van der Waals surface area contributed by atoms with E-state index in [9.17, 15) is 0 Å². The third-order valence-corrected chi connectivity index (χ3v) is 3.52. The van der Waals surface area contributed by atoms with Crippen LogP contribution in [0.1, 0.15) is 53.9 Å². The fourth-order valence-corrected chi connectivity index (χ4v) is 1.89. The molecule has 1 heterocycles. The van der Waals surface area contributed by atoms with Gasteiger partial charge in [-0.1, -0.05) is 63.1 Å². The maximum Gasteiger partial charge on any atom is 0.119 e. The number of hydrogen-bond donors (Lipinski definition) is 1. The van der Waals surface area contributed by atoms with E-state index in [2.05, 4.69) is 67.5 Å². The van der Waals surface area contributed by atoms with Crippen molar-refractivity contribution in [3.05, 3.63) is 36.7 Å². The minimum Gasteiger partial charge on any atom is -0.491 e. The molecule has 162 valence electrons. The van der Waals surface area contributed by atoms with Gasteiger partial charge < -0.3 is 15.4 Å². The van der Waals surface area contributed by atoms with Crippen LogP contribution in [-0.2, 0) is 0 Å². The second kappa shape index (κ2) is 19.1. The number of rotatable bonds is 7. The number of nitrogens with two attached hydrogens (primary N) is 1. The monoisotopic (exact) mass is 504 g/mol. The van der Waals surface area contributed by atoms with Crippen molar-refractivity contribution in [2.45, 2.75) is 60.0 Å². The maximum atomic E-state index is 5.88. The van der Waals surface area contributed by atoms with Crippen molar-refractivity contribution in [3.8, 4) is 11.4 Å². The largest absolute Gasteiger partial charge is 0.491 e. The number of halogens is 1. The van der Waals surface area contributed by atoms with Gasteiger partial charge >= 0.3 is 0 Å². The summed E-state index contributed by atoms with van der Waals surface area (Å²) in [6.07, 6.45) is 7.26. The van der Waals surface area contributed by atoms with Gasteiger partial charge in [0.15, 0.2) is 0 Å². The van der Waals surface area contributed by atoms with Gasteiger partial charge in [0, 0.05) is 6.54 Å². The van der Waals surface area contributed by atoms with Crippen molar-refractivity contribution >= 4 is 28.3 Å². The summed E-state index contributed by atoms with van der Waals surface area (Å²) < 4.78 is 7.62. The van der Waals surface area contributed by atoms with Crippen LogP contribution in [0.2, 0.25) is 0 Å². The number of unbranched alkanes of at least 4 members (excludes halogenated alkanes) is 1. The van der Waals surface area contributed by atoms with Crippen molar-refractivity contribution in [1.82, 2.24) is 14.7 Å². The molecule has 28 heavy (non-hydrogen) atoms. The van der Waals surface area contributed by atoms with Gasteiger partial charge in [0.25, 0.3) is 0 Å². The predicted molar refractivity (Wildman–Crippen MR) is 133 cm³/mol. The van der Waals surface area contributed by atoms with Gasteiger partial charge in [-0.25, -0.2) is 4.68 Å². The predicted octanol–water partition coefficient (Wildman–Crippen LogP) is 6.06. The Bertz CT molecular complexity index is 568. The molecule has 0 bridgehead atoms. The third kappa shape index (κ3) is 13.8. The minimum absolute atomic E-state index is 0.198. The van der Waals surface area contributed by atoms with Gasteiger partial charge in [0.1, 0.15) is 5.75 Å². The van der Waals surface area contributed by atoms with E-state index in [1.165, 1.54) is 12.8 Å². The Labute approximate surface area is 186 Å². The topological polar surface area (TPSA) is 56.3 Å². The normalized spacial score (nSPS) is 10.5. The van der Waals surface area contributed by atoms with Crippen LogP contribution in [0.5, 0.6) is 5.75 Å². The van der Waals surface area contributed by atoms with E-state index in [0.29, 0.717) is 5.69 Å². The lowest BCUT2D eigenvalue weighted by atomic mass is 10.2. The van der Waals surface area contributed by atoms with Gasteiger partial charge in [0.05, 0.1) is 29.9 Å². The summed E-state index contributed by atoms with van der Waals surface area (Å²) in [7, 11) is 4.13. The van der Waals surface area contributed by atoms with Gasteiger partial charge in [-0.2, -0.15) is 5.10 Å². The first-order chi connectivity index (χ1) is 13.5. The molecule has 2 N–H and O–H groups in total. The molecule has 0 amide bonds. The molecule has 1 unspecified atom stereocenters. The van der Waals surface area contributed by atoms with Gasteiger partial charge in [-0.15, -0.1) is 0 Å². The highest BCUT2D eigenvalue weighted by Crippen LogP contribution is 2.17. The van der Waals surface area contributed by atoms with Crippen molar-refractivity contribution in [2.24, 2.45) is 0 Å². The first-order valence-electron chi connectivity index (χ1n) is 10.1. The molecule has 0 radical (unpaired) electrons. The molecule has 0 aliphatic carbocycles. The fourth-order valence-electron chi connectivity index (χ4n) is 1.89. The highest BCUT2D eigenvalue weighted by Gasteiger charge is 2.05. The molecule has 0 aliphatic rings. The standard InChI is InChI=1S/C15H22N4O.C4H10.C2H6.CH3I/c1-12(8-9-18(2)3)20-15-6-4-14(5-7-15)19-11-13(16)10-17-19;1-3-4-2;2*1-2/h4-7,10-12H,8-9,16H2,1-3H3;3-4H2,1-2H3;1-2H3;1H3. The van der Waals surface area contributed by atoms with Crippen molar-refractivity contribution < 1.29 is 4.74 Å². The second-order valence-electron chi connectivity index (χ2n) is 6.23. The Morgan fingerprint density at radius 3 is 2.04 bits per heavy atom. The van der Waals surface area contributed by atoms with Crippen molar-refractivity contribution in [3.63, 3.8) is 0 Å². The first-order valence-corrected chi connectivity index (χ1v) is 12.2. The molecular weight excluding hydrogens is 463 g/mol. The average Bonchev–Trinajstić information content (AvgIpc) is 3.16. The summed E-state index contributed by atoms with van der Waals surface area (Å²) in [5.74, 6) is 0.875. The first kappa shape index (κ1) is 28.9. The Hall–Kier alpha value is -1.28. The van der Waals surface area contributed by atoms with E-state index in [4.69, 9.17) is 10.5 Å². The van der Waals surface area contributed by atoms with Crippen molar-refractivity contribution in [1.29, 1.82) is 0 Å². The lowest BCUT2D eigenvalue weighted by molar-refractivity contribution is 0.194. The summed E-state index contributed by atoms with van der Waals surface area (Å²) in [6.45, 7) is 11.5. The van der Waals surface area contributed by atoms with Crippen LogP contribution in [0.15, 0.2) is 36.7 Å². The minimum atomic E-state index is 0.198. The summed E-state index contributed by atoms with van der Waals surface area (Å²) in [6, 6.07) is 7.86. The number of anilines is 1. The molecule has 0 aliphatic heterocycles. The number of nitrogens with zero attached hydrogens (tertiary/aromatic N) is 3. The molecule has 6 heteroatoms. The summed E-state index contributed by atoms with van der Waals surface area (Å²) in [5, 5.41) is 4.17. The number of alkyl halides is 1. The van der Waals surface area contributed by atoms with E-state index in [1.54, 1.807) is 17.1 Å². The lowest BCUT2D eigenvalue weighted by Crippen LogP contribution is -2.21. The molecule has 1 aromatic heterocycles. The van der Waals surface area contributed by atoms with Gasteiger partial charge in [-0.05, 0) is 56.6 Å². The Morgan fingerprint density at radius 1 is 1.11 bits per heavy atom. The van der Waals surface area contributed by atoms with E-state index in [-0.39, 0.29) is 6.10 Å². The van der Waals surface area contributed by atoms with Crippen LogP contribution >= 0.6 is 22.6 Å². The molecule has 0 saturated carbocycles. The van der Waals surface area contributed by atoms with Gasteiger partial charge in [0.2, 0.25) is 0 Å². The SMILES string of the molecule is CC.CC(CCN(C)C)Oc1ccc(-n2cc(N)cn2)cc1.CCCC.CI. The van der Waals surface area contributed by atoms with Crippen molar-refractivity contribution in [2.75, 3.05) is 31.3 Å². The smallest absolute Gasteiger partial charge is 0.119 e. The van der Waals surface area contributed by atoms with E-state index in [0.717, 1.165) is 24.4 Å². The van der Waals surface area contributed by atoms with Gasteiger partial charge in [-0.3, -0.25) is 0 Å². The van der Waals surface area contributed by atoms with E-state index in [1.807, 2.05) is 43.0 Å². The summed E-state index contributed by atoms with van der Waals surface area (Å²) in [4.78, 5) is 4.13. The van der Waals surface area contributed by atoms with Crippen LogP contribution in [0.3, 0.4) is 0 Å². The van der Waals surface area contributed by atoms with Crippen LogP contribution in [0, 0.1) is 0 Å². The number of nitrogen functional groups attached to an aromatic ring is 1. The molecule has 5 nitrogen and oxygen atoms in total.